The minimum atomic E-state index is -3.76. The molecule has 0 radical (unpaired) electrons. The van der Waals surface area contributed by atoms with Gasteiger partial charge in [0, 0.05) is 41.5 Å². The third kappa shape index (κ3) is 4.29. The summed E-state index contributed by atoms with van der Waals surface area (Å²) >= 11 is 7.20. The van der Waals surface area contributed by atoms with E-state index < -0.39 is 21.9 Å². The van der Waals surface area contributed by atoms with Crippen molar-refractivity contribution < 1.29 is 17.9 Å². The molecular formula is C21H23ClN4O4S2. The second kappa shape index (κ2) is 8.42. The van der Waals surface area contributed by atoms with Crippen LogP contribution in [0.3, 0.4) is 0 Å². The molecule has 0 bridgehead atoms. The fraction of sp³-hybridized carbons (Fsp3) is 0.429. The molecule has 170 valence electrons. The predicted molar refractivity (Wildman–Crippen MR) is 124 cm³/mol. The lowest BCUT2D eigenvalue weighted by atomic mass is 9.91. The van der Waals surface area contributed by atoms with Gasteiger partial charge >= 0.3 is 0 Å². The van der Waals surface area contributed by atoms with Crippen molar-refractivity contribution in [1.29, 1.82) is 0 Å². The van der Waals surface area contributed by atoms with E-state index >= 15 is 0 Å². The van der Waals surface area contributed by atoms with Gasteiger partial charge in [0.15, 0.2) is 0 Å². The van der Waals surface area contributed by atoms with Crippen molar-refractivity contribution in [2.75, 3.05) is 37.6 Å². The number of piperidine rings is 1. The molecule has 1 spiro atoms. The second-order valence-electron chi connectivity index (χ2n) is 8.25. The summed E-state index contributed by atoms with van der Waals surface area (Å²) in [6.07, 6.45) is 6.07. The number of hydrogen-bond acceptors (Lipinski definition) is 7. The Morgan fingerprint density at radius 3 is 2.62 bits per heavy atom. The summed E-state index contributed by atoms with van der Waals surface area (Å²) in [5.74, 6) is -0.217. The van der Waals surface area contributed by atoms with Crippen LogP contribution in [0.2, 0.25) is 4.34 Å². The summed E-state index contributed by atoms with van der Waals surface area (Å²) in [4.78, 5) is 21.6. The lowest BCUT2D eigenvalue weighted by Crippen LogP contribution is -2.55. The summed E-state index contributed by atoms with van der Waals surface area (Å²) in [6, 6.07) is 7.44. The summed E-state index contributed by atoms with van der Waals surface area (Å²) in [7, 11) is -3.76. The van der Waals surface area contributed by atoms with E-state index in [0.717, 1.165) is 41.9 Å². The minimum Gasteiger partial charge on any atom is -0.371 e. The highest BCUT2D eigenvalue weighted by Gasteiger charge is 2.51. The van der Waals surface area contributed by atoms with Crippen molar-refractivity contribution in [2.24, 2.45) is 0 Å². The Hall–Kier alpha value is -1.98. The van der Waals surface area contributed by atoms with Gasteiger partial charge < -0.3 is 14.5 Å². The number of aromatic nitrogens is 1. The molecule has 0 aliphatic carbocycles. The zero-order valence-electron chi connectivity index (χ0n) is 17.3. The Bertz CT molecular complexity index is 1130. The maximum Gasteiger partial charge on any atom is 0.240 e. The number of pyridine rings is 1. The van der Waals surface area contributed by atoms with Crippen LogP contribution in [0, 0.1) is 0 Å². The zero-order valence-corrected chi connectivity index (χ0v) is 19.7. The lowest BCUT2D eigenvalue weighted by molar-refractivity contribution is -0.144. The quantitative estimate of drug-likeness (QED) is 0.649. The molecule has 3 aliphatic heterocycles. The minimum absolute atomic E-state index is 0.138. The van der Waals surface area contributed by atoms with Gasteiger partial charge in [-0.25, -0.2) is 8.42 Å². The molecule has 5 rings (SSSR count). The molecule has 5 heterocycles. The van der Waals surface area contributed by atoms with Crippen LogP contribution < -0.4 is 4.90 Å². The Kier molecular flexibility index (Phi) is 5.75. The molecule has 1 atom stereocenters. The number of halogens is 1. The Morgan fingerprint density at radius 1 is 1.19 bits per heavy atom. The fourth-order valence-electron chi connectivity index (χ4n) is 4.52. The van der Waals surface area contributed by atoms with Crippen LogP contribution in [0.25, 0.3) is 6.08 Å². The van der Waals surface area contributed by atoms with E-state index in [1.165, 1.54) is 21.7 Å². The molecule has 0 aromatic carbocycles. The molecule has 1 amide bonds. The van der Waals surface area contributed by atoms with Crippen molar-refractivity contribution in [1.82, 2.24) is 14.2 Å². The summed E-state index contributed by atoms with van der Waals surface area (Å²) in [5.41, 5.74) is 0.699. The van der Waals surface area contributed by atoms with Crippen molar-refractivity contribution in [3.8, 4) is 0 Å². The first-order chi connectivity index (χ1) is 15.3. The number of hydrogen-bond donors (Lipinski definition) is 0. The maximum atomic E-state index is 12.8. The molecule has 11 heteroatoms. The van der Waals surface area contributed by atoms with Crippen molar-refractivity contribution in [3.05, 3.63) is 51.3 Å². The van der Waals surface area contributed by atoms with E-state index in [1.807, 2.05) is 12.1 Å². The van der Waals surface area contributed by atoms with Crippen LogP contribution in [-0.4, -0.2) is 73.1 Å². The maximum absolute atomic E-state index is 12.8. The molecule has 1 unspecified atom stereocenters. The number of ether oxygens (including phenoxy) is 1. The summed E-state index contributed by atoms with van der Waals surface area (Å²) in [5, 5.41) is 1.13. The van der Waals surface area contributed by atoms with Gasteiger partial charge in [-0.05, 0) is 43.2 Å². The van der Waals surface area contributed by atoms with Gasteiger partial charge in [-0.1, -0.05) is 11.6 Å². The fourth-order valence-corrected chi connectivity index (χ4v) is 6.69. The van der Waals surface area contributed by atoms with Gasteiger partial charge in [-0.2, -0.15) is 4.31 Å². The number of carbonyl (C=O) groups excluding carboxylic acids is 1. The number of amides is 1. The molecule has 3 aliphatic rings. The third-order valence-corrected chi connectivity index (χ3v) is 8.92. The monoisotopic (exact) mass is 494 g/mol. The van der Waals surface area contributed by atoms with Crippen LogP contribution in [0.5, 0.6) is 0 Å². The molecule has 8 nitrogen and oxygen atoms in total. The van der Waals surface area contributed by atoms with E-state index in [0.29, 0.717) is 10.9 Å². The predicted octanol–water partition coefficient (Wildman–Crippen LogP) is 2.64. The van der Waals surface area contributed by atoms with Gasteiger partial charge in [-0.15, -0.1) is 11.3 Å². The Morgan fingerprint density at radius 2 is 1.94 bits per heavy atom. The summed E-state index contributed by atoms with van der Waals surface area (Å²) < 4.78 is 33.8. The smallest absolute Gasteiger partial charge is 0.240 e. The molecule has 3 saturated heterocycles. The summed E-state index contributed by atoms with van der Waals surface area (Å²) in [6.45, 7) is 2.11. The first-order valence-electron chi connectivity index (χ1n) is 10.4. The SMILES string of the molecule is O=C1CN(S(=O)(=O)/C=C/c2ccc(Cl)s2)CC2OC3(CCN(c4ccncc4)CC3)CN12. The van der Waals surface area contributed by atoms with Crippen LogP contribution >= 0.6 is 22.9 Å². The highest BCUT2D eigenvalue weighted by molar-refractivity contribution is 7.92. The normalized spacial score (nSPS) is 23.9. The number of rotatable bonds is 4. The molecule has 0 N–H and O–H groups in total. The van der Waals surface area contributed by atoms with E-state index in [9.17, 15) is 13.2 Å². The van der Waals surface area contributed by atoms with Gasteiger partial charge in [0.1, 0.15) is 6.23 Å². The van der Waals surface area contributed by atoms with Crippen LogP contribution in [0.1, 0.15) is 17.7 Å². The van der Waals surface area contributed by atoms with E-state index in [2.05, 4.69) is 9.88 Å². The van der Waals surface area contributed by atoms with E-state index in [-0.39, 0.29) is 19.0 Å². The van der Waals surface area contributed by atoms with Crippen LogP contribution in [0.15, 0.2) is 42.1 Å². The third-order valence-electron chi connectivity index (χ3n) is 6.24. The second-order valence-corrected chi connectivity index (χ2v) is 11.8. The van der Waals surface area contributed by atoms with Crippen molar-refractivity contribution >= 4 is 50.6 Å². The van der Waals surface area contributed by atoms with Gasteiger partial charge in [-0.3, -0.25) is 9.78 Å². The van der Waals surface area contributed by atoms with Crippen LogP contribution in [-0.2, 0) is 19.6 Å². The number of thiophene rings is 1. The number of fused-ring (bicyclic) bond motifs is 1. The molecule has 2 aromatic heterocycles. The van der Waals surface area contributed by atoms with E-state index in [4.69, 9.17) is 16.3 Å². The number of piperazine rings is 1. The largest absolute Gasteiger partial charge is 0.371 e. The standard InChI is InChI=1S/C21H23ClN4O4S2/c22-18-2-1-17(31-18)5-12-32(28,29)25-13-19(27)26-15-21(30-20(26)14-25)6-10-24(11-7-21)16-3-8-23-9-4-16/h1-5,8-9,12,20H,6-7,10-11,13-15H2/b12-5+. The van der Waals surface area contributed by atoms with Crippen molar-refractivity contribution in [2.45, 2.75) is 24.7 Å². The molecule has 2 aromatic rings. The average Bonchev–Trinajstić information content (AvgIpc) is 3.37. The van der Waals surface area contributed by atoms with Gasteiger partial charge in [0.25, 0.3) is 0 Å². The molecule has 32 heavy (non-hydrogen) atoms. The molecule has 3 fully saturated rings. The number of nitrogens with zero attached hydrogens (tertiary/aromatic N) is 4. The first-order valence-corrected chi connectivity index (χ1v) is 13.1. The Labute approximate surface area is 196 Å². The lowest BCUT2D eigenvalue weighted by Gasteiger charge is -2.39. The average molecular weight is 495 g/mol. The highest BCUT2D eigenvalue weighted by Crippen LogP contribution is 2.38. The van der Waals surface area contributed by atoms with Crippen LogP contribution in [0.4, 0.5) is 5.69 Å². The Balaban J connectivity index is 1.25. The van der Waals surface area contributed by atoms with E-state index in [1.54, 1.807) is 29.4 Å². The molecule has 0 saturated carbocycles. The number of sulfonamides is 1. The van der Waals surface area contributed by atoms with Gasteiger partial charge in [0.2, 0.25) is 15.9 Å². The number of anilines is 1. The zero-order chi connectivity index (χ0) is 22.3. The number of carbonyl (C=O) groups is 1. The topological polar surface area (TPSA) is 83.0 Å². The van der Waals surface area contributed by atoms with Crippen molar-refractivity contribution in [3.63, 3.8) is 0 Å². The first kappa shape index (κ1) is 21.8. The van der Waals surface area contributed by atoms with Gasteiger partial charge in [0.05, 0.1) is 29.6 Å². The highest BCUT2D eigenvalue weighted by atomic mass is 35.5. The molecular weight excluding hydrogens is 472 g/mol.